The summed E-state index contributed by atoms with van der Waals surface area (Å²) in [7, 11) is 3.39. The van der Waals surface area contributed by atoms with Gasteiger partial charge in [-0.3, -0.25) is 19.1 Å². The molecule has 0 spiro atoms. The predicted octanol–water partition coefficient (Wildman–Crippen LogP) is 2.28. The number of carbonyl (C=O) groups is 1. The van der Waals surface area contributed by atoms with Crippen molar-refractivity contribution in [3.8, 4) is 5.69 Å². The smallest absolute Gasteiger partial charge is 0.278 e. The van der Waals surface area contributed by atoms with Gasteiger partial charge in [0.25, 0.3) is 11.5 Å². The molecule has 11 nitrogen and oxygen atoms in total. The lowest BCUT2D eigenvalue weighted by atomic mass is 9.89. The number of nitrogens with one attached hydrogen (secondary N) is 3. The molecule has 1 fully saturated rings. The number of fused-ring (bicyclic) bond motifs is 1. The van der Waals surface area contributed by atoms with Crippen molar-refractivity contribution in [2.24, 2.45) is 0 Å². The Balaban J connectivity index is 1.48. The van der Waals surface area contributed by atoms with Crippen LogP contribution < -0.4 is 21.5 Å². The van der Waals surface area contributed by atoms with Crippen molar-refractivity contribution >= 4 is 28.9 Å². The van der Waals surface area contributed by atoms with Crippen molar-refractivity contribution in [3.05, 3.63) is 70.5 Å². The second-order valence-corrected chi connectivity index (χ2v) is 8.38. The maximum atomic E-state index is 13.2. The second kappa shape index (κ2) is 9.18. The summed E-state index contributed by atoms with van der Waals surface area (Å²) in [5, 5.41) is 13.5. The number of methoxy groups -OCH3 is 1. The molecule has 0 bridgehead atoms. The van der Waals surface area contributed by atoms with E-state index in [0.717, 1.165) is 18.5 Å². The van der Waals surface area contributed by atoms with E-state index in [1.807, 2.05) is 19.1 Å². The van der Waals surface area contributed by atoms with Crippen LogP contribution in [0.5, 0.6) is 0 Å². The van der Waals surface area contributed by atoms with Gasteiger partial charge in [0.15, 0.2) is 5.65 Å². The summed E-state index contributed by atoms with van der Waals surface area (Å²) in [6.45, 7) is 1.89. The van der Waals surface area contributed by atoms with Gasteiger partial charge in [0.2, 0.25) is 0 Å². The predicted molar refractivity (Wildman–Crippen MR) is 132 cm³/mol. The van der Waals surface area contributed by atoms with E-state index < -0.39 is 0 Å². The highest BCUT2D eigenvalue weighted by Crippen LogP contribution is 2.25. The molecule has 4 heterocycles. The van der Waals surface area contributed by atoms with E-state index >= 15 is 0 Å². The maximum absolute atomic E-state index is 13.2. The molecule has 4 aromatic rings. The number of nitrogens with zero attached hydrogens (tertiary/aromatic N) is 5. The highest BCUT2D eigenvalue weighted by molar-refractivity contribution is 6.00. The lowest BCUT2D eigenvalue weighted by Gasteiger charge is -2.35. The lowest BCUT2D eigenvalue weighted by Crippen LogP contribution is -2.51. The fourth-order valence-corrected chi connectivity index (χ4v) is 4.06. The summed E-state index contributed by atoms with van der Waals surface area (Å²) in [4.78, 5) is 35.0. The quantitative estimate of drug-likeness (QED) is 0.372. The van der Waals surface area contributed by atoms with E-state index in [1.165, 1.54) is 10.8 Å². The lowest BCUT2D eigenvalue weighted by molar-refractivity contribution is 0.00732. The maximum Gasteiger partial charge on any atom is 0.278 e. The van der Waals surface area contributed by atoms with Crippen LogP contribution in [0.4, 0.5) is 17.3 Å². The van der Waals surface area contributed by atoms with E-state index in [4.69, 9.17) is 4.74 Å². The highest BCUT2D eigenvalue weighted by Gasteiger charge is 2.33. The van der Waals surface area contributed by atoms with Gasteiger partial charge in [0.1, 0.15) is 22.9 Å². The van der Waals surface area contributed by atoms with Crippen LogP contribution in [-0.2, 0) is 4.74 Å². The Bertz CT molecular complexity index is 1440. The third-order valence-electron chi connectivity index (χ3n) is 6.19. The van der Waals surface area contributed by atoms with Crippen molar-refractivity contribution in [3.63, 3.8) is 0 Å². The Hall–Kier alpha value is -4.25. The number of ether oxygens (including phenoxy) is 1. The zero-order valence-corrected chi connectivity index (χ0v) is 19.6. The molecule has 1 aliphatic rings. The Labute approximate surface area is 201 Å². The Kier molecular flexibility index (Phi) is 5.91. The molecular formula is C24H26N8O3. The average molecular weight is 475 g/mol. The standard InChI is InChI=1S/C24H26N8O3/c1-14-6-7-15(12-26-14)31-10-4-5-18(24(31)34)28-20-11-21(25-2)32-22(30-20)16(13-27-32)23(33)29-17-8-9-19(17)35-3/h4-7,10-13,17,19,25H,8-9H2,1-3H3,(H,28,30)(H,29,33). The molecule has 0 aliphatic heterocycles. The van der Waals surface area contributed by atoms with Crippen LogP contribution in [0.25, 0.3) is 11.3 Å². The molecule has 35 heavy (non-hydrogen) atoms. The number of rotatable bonds is 7. The van der Waals surface area contributed by atoms with Crippen LogP contribution in [0, 0.1) is 6.92 Å². The number of anilines is 3. The van der Waals surface area contributed by atoms with Gasteiger partial charge in [-0.25, -0.2) is 4.98 Å². The van der Waals surface area contributed by atoms with Gasteiger partial charge in [0, 0.05) is 32.1 Å². The van der Waals surface area contributed by atoms with Gasteiger partial charge < -0.3 is 20.7 Å². The minimum Gasteiger partial charge on any atom is -0.379 e. The number of hydrogen-bond acceptors (Lipinski definition) is 8. The molecule has 0 radical (unpaired) electrons. The molecule has 1 amide bonds. The summed E-state index contributed by atoms with van der Waals surface area (Å²) < 4.78 is 8.44. The van der Waals surface area contributed by atoms with Crippen molar-refractivity contribution in [2.45, 2.75) is 31.9 Å². The van der Waals surface area contributed by atoms with Crippen LogP contribution in [0.1, 0.15) is 28.9 Å². The minimum absolute atomic E-state index is 0.0165. The molecule has 1 saturated carbocycles. The third-order valence-corrected chi connectivity index (χ3v) is 6.19. The van der Waals surface area contributed by atoms with Crippen molar-refractivity contribution in [1.29, 1.82) is 0 Å². The monoisotopic (exact) mass is 474 g/mol. The van der Waals surface area contributed by atoms with Gasteiger partial charge in [-0.1, -0.05) is 0 Å². The summed E-state index contributed by atoms with van der Waals surface area (Å²) >= 11 is 0. The summed E-state index contributed by atoms with van der Waals surface area (Å²) in [5.41, 5.74) is 2.29. The first-order valence-corrected chi connectivity index (χ1v) is 11.3. The fraction of sp³-hybridized carbons (Fsp3) is 0.292. The minimum atomic E-state index is -0.271. The molecule has 5 rings (SSSR count). The summed E-state index contributed by atoms with van der Waals surface area (Å²) in [6, 6.07) is 8.82. The third kappa shape index (κ3) is 4.21. The number of amides is 1. The Morgan fingerprint density at radius 1 is 1.20 bits per heavy atom. The first kappa shape index (κ1) is 22.5. The zero-order chi connectivity index (χ0) is 24.5. The van der Waals surface area contributed by atoms with Gasteiger partial charge in [-0.05, 0) is 44.0 Å². The Morgan fingerprint density at radius 3 is 2.74 bits per heavy atom. The first-order chi connectivity index (χ1) is 17.0. The molecule has 0 aromatic carbocycles. The summed E-state index contributed by atoms with van der Waals surface area (Å²) in [5.74, 6) is 0.730. The topological polar surface area (TPSA) is 127 Å². The van der Waals surface area contributed by atoms with Gasteiger partial charge >= 0.3 is 0 Å². The number of carbonyl (C=O) groups excluding carboxylic acids is 1. The molecule has 4 aromatic heterocycles. The van der Waals surface area contributed by atoms with Crippen LogP contribution in [0.3, 0.4) is 0 Å². The fourth-order valence-electron chi connectivity index (χ4n) is 4.06. The molecule has 0 saturated heterocycles. The molecule has 180 valence electrons. The van der Waals surface area contributed by atoms with Crippen molar-refractivity contribution in [1.82, 2.24) is 29.5 Å². The Morgan fingerprint density at radius 2 is 2.06 bits per heavy atom. The molecule has 1 aliphatic carbocycles. The molecule has 11 heteroatoms. The van der Waals surface area contributed by atoms with E-state index in [2.05, 4.69) is 31.0 Å². The number of hydrogen-bond donors (Lipinski definition) is 3. The number of pyridine rings is 2. The average Bonchev–Trinajstić information content (AvgIpc) is 3.27. The van der Waals surface area contributed by atoms with Crippen molar-refractivity contribution < 1.29 is 9.53 Å². The normalized spacial score (nSPS) is 17.1. The van der Waals surface area contributed by atoms with E-state index in [9.17, 15) is 9.59 Å². The van der Waals surface area contributed by atoms with Gasteiger partial charge in [0.05, 0.1) is 30.2 Å². The van der Waals surface area contributed by atoms with Crippen LogP contribution in [0.15, 0.2) is 53.7 Å². The second-order valence-electron chi connectivity index (χ2n) is 8.38. The van der Waals surface area contributed by atoms with E-state index in [0.29, 0.717) is 34.2 Å². The van der Waals surface area contributed by atoms with Gasteiger partial charge in [-0.2, -0.15) is 9.61 Å². The first-order valence-electron chi connectivity index (χ1n) is 11.3. The van der Waals surface area contributed by atoms with E-state index in [-0.39, 0.29) is 23.6 Å². The molecule has 2 atom stereocenters. The molecular weight excluding hydrogens is 448 g/mol. The SMILES string of the molecule is CNc1cc(Nc2cccn(-c3ccc(C)nc3)c2=O)nc2c(C(=O)NC3CCC3OC)cnn12. The van der Waals surface area contributed by atoms with Crippen molar-refractivity contribution in [2.75, 3.05) is 24.8 Å². The number of aryl methyl sites for hydroxylation is 1. The zero-order valence-electron chi connectivity index (χ0n) is 19.6. The van der Waals surface area contributed by atoms with Crippen LogP contribution >= 0.6 is 0 Å². The number of aromatic nitrogens is 5. The van der Waals surface area contributed by atoms with Gasteiger partial charge in [-0.15, -0.1) is 0 Å². The highest BCUT2D eigenvalue weighted by atomic mass is 16.5. The van der Waals surface area contributed by atoms with Crippen LogP contribution in [0.2, 0.25) is 0 Å². The summed E-state index contributed by atoms with van der Waals surface area (Å²) in [6.07, 6.45) is 6.62. The molecule has 2 unspecified atom stereocenters. The largest absolute Gasteiger partial charge is 0.379 e. The van der Waals surface area contributed by atoms with Crippen LogP contribution in [-0.4, -0.2) is 56.4 Å². The molecule has 3 N–H and O–H groups in total. The van der Waals surface area contributed by atoms with E-state index in [1.54, 1.807) is 49.3 Å².